The van der Waals surface area contributed by atoms with Crippen LogP contribution in [0.25, 0.3) is 0 Å². The molecule has 0 N–H and O–H groups in total. The molecule has 0 saturated heterocycles. The highest BCUT2D eigenvalue weighted by atomic mass is 14.7. The molecule has 0 atom stereocenters. The Morgan fingerprint density at radius 1 is 1.00 bits per heavy atom. The van der Waals surface area contributed by atoms with Gasteiger partial charge in [-0.15, -0.1) is 0 Å². The fraction of sp³-hybridized carbons (Fsp3) is 0. The second-order valence-electron chi connectivity index (χ2n) is 1.95. The number of nitrogens with zero attached hydrogens (tertiary/aromatic N) is 4. The van der Waals surface area contributed by atoms with Gasteiger partial charge in [-0.1, -0.05) is 0 Å². The minimum Gasteiger partial charge on any atom is -0.244 e. The summed E-state index contributed by atoms with van der Waals surface area (Å²) in [7, 11) is 0. The highest BCUT2D eigenvalue weighted by Crippen LogP contribution is 2.05. The van der Waals surface area contributed by atoms with Crippen LogP contribution < -0.4 is 0 Å². The fourth-order valence-corrected chi connectivity index (χ4v) is 0.698. The molecule has 0 radical (unpaired) electrons. The molecule has 0 bridgehead atoms. The molecular weight excluding hydrogens is 152 g/mol. The van der Waals surface area contributed by atoms with Gasteiger partial charge < -0.3 is 0 Å². The van der Waals surface area contributed by atoms with Gasteiger partial charge in [0.25, 0.3) is 0 Å². The Labute approximate surface area is 68.9 Å². The first-order valence-electron chi connectivity index (χ1n) is 3.02. The van der Waals surface area contributed by atoms with E-state index >= 15 is 0 Å². The van der Waals surface area contributed by atoms with Crippen molar-refractivity contribution in [3.63, 3.8) is 0 Å². The maximum Gasteiger partial charge on any atom is 0.141 e. The molecule has 0 amide bonds. The molecule has 0 fully saturated rings. The standard InChI is InChI=1S/C8H2N4/c9-2-6-1-8(4-11)12-5-7(6)3-10/h1,5H. The van der Waals surface area contributed by atoms with Crippen LogP contribution in [-0.2, 0) is 0 Å². The van der Waals surface area contributed by atoms with Crippen LogP contribution in [0.3, 0.4) is 0 Å². The summed E-state index contributed by atoms with van der Waals surface area (Å²) in [6.45, 7) is 0. The third-order valence-electron chi connectivity index (χ3n) is 1.26. The van der Waals surface area contributed by atoms with Crippen molar-refractivity contribution in [2.75, 3.05) is 0 Å². The summed E-state index contributed by atoms with van der Waals surface area (Å²) < 4.78 is 0. The van der Waals surface area contributed by atoms with Crippen LogP contribution in [0.1, 0.15) is 16.8 Å². The minimum absolute atomic E-state index is 0.144. The summed E-state index contributed by atoms with van der Waals surface area (Å²) in [6, 6.07) is 6.68. The summed E-state index contributed by atoms with van der Waals surface area (Å²) >= 11 is 0. The summed E-state index contributed by atoms with van der Waals surface area (Å²) in [5.41, 5.74) is 0.520. The third kappa shape index (κ3) is 1.21. The van der Waals surface area contributed by atoms with Crippen molar-refractivity contribution >= 4 is 0 Å². The minimum atomic E-state index is 0.144. The Balaban J connectivity index is 3.37. The number of rotatable bonds is 0. The average Bonchev–Trinajstić information content (AvgIpc) is 2.16. The first-order valence-corrected chi connectivity index (χ1v) is 3.02. The number of aromatic nitrogens is 1. The van der Waals surface area contributed by atoms with Crippen LogP contribution in [0.4, 0.5) is 0 Å². The Kier molecular flexibility index (Phi) is 2.02. The van der Waals surface area contributed by atoms with Crippen LogP contribution in [0.15, 0.2) is 12.3 Å². The third-order valence-corrected chi connectivity index (χ3v) is 1.26. The van der Waals surface area contributed by atoms with E-state index in [-0.39, 0.29) is 16.8 Å². The van der Waals surface area contributed by atoms with Gasteiger partial charge in [0.1, 0.15) is 23.9 Å². The molecule has 0 aromatic carbocycles. The maximum atomic E-state index is 8.53. The Hall–Kier alpha value is -2.38. The SMILES string of the molecule is N#Cc1cc(C#N)c(C#N)cn1. The predicted molar refractivity (Wildman–Crippen MR) is 38.4 cm³/mol. The second-order valence-corrected chi connectivity index (χ2v) is 1.95. The van der Waals surface area contributed by atoms with E-state index in [4.69, 9.17) is 15.8 Å². The molecule has 1 aromatic rings. The van der Waals surface area contributed by atoms with Crippen molar-refractivity contribution in [1.29, 1.82) is 15.8 Å². The summed E-state index contributed by atoms with van der Waals surface area (Å²) in [4.78, 5) is 3.64. The first-order chi connectivity index (χ1) is 5.81. The van der Waals surface area contributed by atoms with E-state index in [1.165, 1.54) is 12.3 Å². The van der Waals surface area contributed by atoms with E-state index in [1.54, 1.807) is 12.1 Å². The van der Waals surface area contributed by atoms with Crippen molar-refractivity contribution in [3.05, 3.63) is 29.1 Å². The predicted octanol–water partition coefficient (Wildman–Crippen LogP) is 0.697. The van der Waals surface area contributed by atoms with E-state index in [1.807, 2.05) is 6.07 Å². The lowest BCUT2D eigenvalue weighted by Crippen LogP contribution is -1.89. The van der Waals surface area contributed by atoms with Gasteiger partial charge in [0, 0.05) is 6.20 Å². The van der Waals surface area contributed by atoms with Crippen molar-refractivity contribution in [1.82, 2.24) is 4.98 Å². The molecule has 1 aromatic heterocycles. The van der Waals surface area contributed by atoms with E-state index in [0.29, 0.717) is 0 Å². The normalized spacial score (nSPS) is 7.75. The molecular formula is C8H2N4. The van der Waals surface area contributed by atoms with Crippen LogP contribution in [-0.4, -0.2) is 4.98 Å². The topological polar surface area (TPSA) is 84.3 Å². The summed E-state index contributed by atoms with van der Waals surface area (Å²) in [5, 5.41) is 25.4. The van der Waals surface area contributed by atoms with Gasteiger partial charge in [0.2, 0.25) is 0 Å². The smallest absolute Gasteiger partial charge is 0.141 e. The second kappa shape index (κ2) is 3.14. The first kappa shape index (κ1) is 7.72. The van der Waals surface area contributed by atoms with Gasteiger partial charge in [-0.3, -0.25) is 0 Å². The number of pyridine rings is 1. The number of hydrogen-bond donors (Lipinski definition) is 0. The molecule has 0 spiro atoms. The van der Waals surface area contributed by atoms with Crippen molar-refractivity contribution < 1.29 is 0 Å². The van der Waals surface area contributed by atoms with Gasteiger partial charge in [0.15, 0.2) is 0 Å². The van der Waals surface area contributed by atoms with E-state index < -0.39 is 0 Å². The van der Waals surface area contributed by atoms with Crippen LogP contribution >= 0.6 is 0 Å². The van der Waals surface area contributed by atoms with E-state index in [2.05, 4.69) is 4.98 Å². The zero-order valence-corrected chi connectivity index (χ0v) is 5.94. The molecule has 0 aliphatic heterocycles. The Bertz CT molecular complexity index is 428. The van der Waals surface area contributed by atoms with Gasteiger partial charge in [0.05, 0.1) is 11.1 Å². The molecule has 4 heteroatoms. The largest absolute Gasteiger partial charge is 0.244 e. The average molecular weight is 154 g/mol. The van der Waals surface area contributed by atoms with Crippen molar-refractivity contribution in [2.24, 2.45) is 0 Å². The Morgan fingerprint density at radius 2 is 1.67 bits per heavy atom. The van der Waals surface area contributed by atoms with Gasteiger partial charge >= 0.3 is 0 Å². The highest BCUT2D eigenvalue weighted by Gasteiger charge is 2.02. The van der Waals surface area contributed by atoms with E-state index in [9.17, 15) is 0 Å². The highest BCUT2D eigenvalue weighted by molar-refractivity contribution is 5.46. The molecule has 1 rings (SSSR count). The van der Waals surface area contributed by atoms with E-state index in [0.717, 1.165) is 0 Å². The van der Waals surface area contributed by atoms with Crippen molar-refractivity contribution in [3.8, 4) is 18.2 Å². The quantitative estimate of drug-likeness (QED) is 0.550. The summed E-state index contributed by atoms with van der Waals surface area (Å²) in [6.07, 6.45) is 1.22. The molecule has 54 valence electrons. The molecule has 0 unspecified atom stereocenters. The van der Waals surface area contributed by atoms with Gasteiger partial charge in [-0.25, -0.2) is 4.98 Å². The lowest BCUT2D eigenvalue weighted by molar-refractivity contribution is 1.23. The molecule has 1 heterocycles. The monoisotopic (exact) mass is 154 g/mol. The zero-order valence-electron chi connectivity index (χ0n) is 5.94. The number of hydrogen-bond acceptors (Lipinski definition) is 4. The molecule has 4 nitrogen and oxygen atoms in total. The van der Waals surface area contributed by atoms with Crippen molar-refractivity contribution in [2.45, 2.75) is 0 Å². The van der Waals surface area contributed by atoms with Crippen LogP contribution in [0.5, 0.6) is 0 Å². The molecule has 0 aliphatic rings. The lowest BCUT2D eigenvalue weighted by Gasteiger charge is -1.91. The number of nitriles is 3. The van der Waals surface area contributed by atoms with Crippen LogP contribution in [0.2, 0.25) is 0 Å². The molecule has 0 aliphatic carbocycles. The van der Waals surface area contributed by atoms with Crippen LogP contribution in [0, 0.1) is 34.0 Å². The zero-order chi connectivity index (χ0) is 8.97. The van der Waals surface area contributed by atoms with Gasteiger partial charge in [-0.2, -0.15) is 15.8 Å². The summed E-state index contributed by atoms with van der Waals surface area (Å²) in [5.74, 6) is 0. The lowest BCUT2D eigenvalue weighted by atomic mass is 10.1. The maximum absolute atomic E-state index is 8.53. The molecule has 12 heavy (non-hydrogen) atoms. The fourth-order valence-electron chi connectivity index (χ4n) is 0.698. The molecule has 0 saturated carbocycles. The van der Waals surface area contributed by atoms with Gasteiger partial charge in [-0.05, 0) is 6.07 Å². The Morgan fingerprint density at radius 3 is 2.17 bits per heavy atom.